The van der Waals surface area contributed by atoms with Gasteiger partial charge in [-0.05, 0) is 37.1 Å². The van der Waals surface area contributed by atoms with E-state index in [2.05, 4.69) is 15.4 Å². The Balaban J connectivity index is 1.77. The molecule has 0 aliphatic carbocycles. The van der Waals surface area contributed by atoms with Gasteiger partial charge in [-0.2, -0.15) is 4.98 Å². The monoisotopic (exact) mass is 353 g/mol. The number of ether oxygens (including phenoxy) is 1. The first kappa shape index (κ1) is 16.4. The SMILES string of the molecule is CCOc1ccccc1[C@@H]1C[C@H](c2ccc(F)cc2)Nc2nc(N)nn21. The van der Waals surface area contributed by atoms with Gasteiger partial charge in [0.25, 0.3) is 0 Å². The van der Waals surface area contributed by atoms with Gasteiger partial charge in [-0.15, -0.1) is 5.10 Å². The highest BCUT2D eigenvalue weighted by Crippen LogP contribution is 2.40. The Kier molecular flexibility index (Phi) is 4.20. The Labute approximate surface area is 150 Å². The molecule has 3 aromatic rings. The quantitative estimate of drug-likeness (QED) is 0.750. The lowest BCUT2D eigenvalue weighted by Gasteiger charge is -2.32. The first-order valence-corrected chi connectivity index (χ1v) is 8.61. The number of nitrogens with one attached hydrogen (secondary N) is 1. The minimum atomic E-state index is -0.254. The van der Waals surface area contributed by atoms with Crippen LogP contribution in [0.15, 0.2) is 48.5 Å². The molecule has 0 saturated heterocycles. The van der Waals surface area contributed by atoms with E-state index in [0.717, 1.165) is 16.9 Å². The molecule has 0 bridgehead atoms. The van der Waals surface area contributed by atoms with Crippen LogP contribution < -0.4 is 15.8 Å². The van der Waals surface area contributed by atoms with Crippen LogP contribution in [0, 0.1) is 5.82 Å². The summed E-state index contributed by atoms with van der Waals surface area (Å²) in [4.78, 5) is 4.30. The molecule has 3 N–H and O–H groups in total. The Morgan fingerprint density at radius 2 is 2.00 bits per heavy atom. The molecular weight excluding hydrogens is 333 g/mol. The van der Waals surface area contributed by atoms with Crippen LogP contribution in [0.3, 0.4) is 0 Å². The second-order valence-electron chi connectivity index (χ2n) is 6.21. The Hall–Kier alpha value is -3.09. The smallest absolute Gasteiger partial charge is 0.241 e. The van der Waals surface area contributed by atoms with Gasteiger partial charge in [-0.1, -0.05) is 30.3 Å². The molecule has 134 valence electrons. The molecule has 26 heavy (non-hydrogen) atoms. The third kappa shape index (κ3) is 2.96. The minimum absolute atomic E-state index is 0.0358. The third-order valence-corrected chi connectivity index (χ3v) is 4.56. The lowest BCUT2D eigenvalue weighted by atomic mass is 9.93. The third-order valence-electron chi connectivity index (χ3n) is 4.56. The molecule has 1 aliphatic heterocycles. The van der Waals surface area contributed by atoms with Crippen molar-refractivity contribution < 1.29 is 9.13 Å². The average Bonchev–Trinajstić information content (AvgIpc) is 3.02. The first-order valence-electron chi connectivity index (χ1n) is 8.61. The van der Waals surface area contributed by atoms with Crippen LogP contribution >= 0.6 is 0 Å². The molecule has 0 saturated carbocycles. The molecule has 2 aromatic carbocycles. The maximum atomic E-state index is 13.3. The standard InChI is InChI=1S/C19H20FN5O/c1-2-26-17-6-4-3-5-14(17)16-11-15(12-7-9-13(20)10-8-12)22-19-23-18(21)24-25(16)19/h3-10,15-16H,2,11H2,1H3,(H3,21,22,23,24)/t15-,16+/m1/s1. The van der Waals surface area contributed by atoms with Gasteiger partial charge < -0.3 is 15.8 Å². The molecule has 0 amide bonds. The van der Waals surface area contributed by atoms with Gasteiger partial charge in [-0.3, -0.25) is 0 Å². The van der Waals surface area contributed by atoms with Gasteiger partial charge in [0.1, 0.15) is 11.6 Å². The molecule has 0 fully saturated rings. The van der Waals surface area contributed by atoms with Crippen LogP contribution in [-0.2, 0) is 0 Å². The summed E-state index contributed by atoms with van der Waals surface area (Å²) in [5.74, 6) is 1.38. The summed E-state index contributed by atoms with van der Waals surface area (Å²) in [7, 11) is 0. The van der Waals surface area contributed by atoms with Crippen LogP contribution in [0.1, 0.15) is 36.6 Å². The summed E-state index contributed by atoms with van der Waals surface area (Å²) in [6, 6.07) is 14.3. The summed E-state index contributed by atoms with van der Waals surface area (Å²) in [5, 5.41) is 7.71. The van der Waals surface area contributed by atoms with E-state index >= 15 is 0 Å². The Morgan fingerprint density at radius 3 is 2.77 bits per heavy atom. The molecule has 0 spiro atoms. The van der Waals surface area contributed by atoms with E-state index in [0.29, 0.717) is 19.0 Å². The van der Waals surface area contributed by atoms with Crippen molar-refractivity contribution in [3.05, 3.63) is 65.5 Å². The number of anilines is 2. The molecule has 4 rings (SSSR count). The van der Waals surface area contributed by atoms with Crippen LogP contribution in [0.4, 0.5) is 16.3 Å². The molecule has 1 aromatic heterocycles. The zero-order chi connectivity index (χ0) is 18.1. The molecule has 6 nitrogen and oxygen atoms in total. The summed E-state index contributed by atoms with van der Waals surface area (Å²) in [5.41, 5.74) is 7.84. The number of hydrogen-bond acceptors (Lipinski definition) is 5. The van der Waals surface area contributed by atoms with E-state index < -0.39 is 0 Å². The second kappa shape index (κ2) is 6.67. The topological polar surface area (TPSA) is 78.0 Å². The summed E-state index contributed by atoms with van der Waals surface area (Å²) >= 11 is 0. The molecule has 7 heteroatoms. The van der Waals surface area contributed by atoms with Crippen molar-refractivity contribution in [2.75, 3.05) is 17.7 Å². The van der Waals surface area contributed by atoms with Crippen LogP contribution in [0.5, 0.6) is 5.75 Å². The van der Waals surface area contributed by atoms with Crippen molar-refractivity contribution in [2.24, 2.45) is 0 Å². The number of para-hydroxylation sites is 1. The van der Waals surface area contributed by atoms with E-state index in [1.54, 1.807) is 16.8 Å². The number of benzene rings is 2. The van der Waals surface area contributed by atoms with Crippen molar-refractivity contribution in [1.29, 1.82) is 0 Å². The molecule has 1 aliphatic rings. The molecule has 2 atom stereocenters. The summed E-state index contributed by atoms with van der Waals surface area (Å²) in [6.07, 6.45) is 0.714. The normalized spacial score (nSPS) is 18.8. The molecular formula is C19H20FN5O. The summed E-state index contributed by atoms with van der Waals surface area (Å²) < 4.78 is 20.9. The number of hydrogen-bond donors (Lipinski definition) is 2. The van der Waals surface area contributed by atoms with Crippen LogP contribution in [0.2, 0.25) is 0 Å². The fraction of sp³-hybridized carbons (Fsp3) is 0.263. The number of rotatable bonds is 4. The second-order valence-corrected chi connectivity index (χ2v) is 6.21. The van der Waals surface area contributed by atoms with Gasteiger partial charge >= 0.3 is 0 Å². The van der Waals surface area contributed by atoms with Crippen molar-refractivity contribution in [3.8, 4) is 5.75 Å². The van der Waals surface area contributed by atoms with Gasteiger partial charge in [0.05, 0.1) is 18.7 Å². The number of fused-ring (bicyclic) bond motifs is 1. The fourth-order valence-corrected chi connectivity index (χ4v) is 3.41. The Bertz CT molecular complexity index is 909. The number of halogens is 1. The van der Waals surface area contributed by atoms with E-state index in [-0.39, 0.29) is 23.8 Å². The van der Waals surface area contributed by atoms with Crippen LogP contribution in [0.25, 0.3) is 0 Å². The molecule has 0 radical (unpaired) electrons. The van der Waals surface area contributed by atoms with Crippen molar-refractivity contribution in [2.45, 2.75) is 25.4 Å². The van der Waals surface area contributed by atoms with Gasteiger partial charge in [-0.25, -0.2) is 9.07 Å². The van der Waals surface area contributed by atoms with Gasteiger partial charge in [0, 0.05) is 5.56 Å². The van der Waals surface area contributed by atoms with E-state index in [9.17, 15) is 4.39 Å². The predicted molar refractivity (Wildman–Crippen MR) is 97.6 cm³/mol. The van der Waals surface area contributed by atoms with Gasteiger partial charge in [0.15, 0.2) is 0 Å². The van der Waals surface area contributed by atoms with Crippen LogP contribution in [-0.4, -0.2) is 21.4 Å². The predicted octanol–water partition coefficient (Wildman–Crippen LogP) is 3.54. The Morgan fingerprint density at radius 1 is 1.23 bits per heavy atom. The molecule has 2 heterocycles. The number of nitrogens with two attached hydrogens (primary N) is 1. The summed E-state index contributed by atoms with van der Waals surface area (Å²) in [6.45, 7) is 2.54. The number of nitrogen functional groups attached to an aromatic ring is 1. The van der Waals surface area contributed by atoms with Crippen molar-refractivity contribution in [1.82, 2.24) is 14.8 Å². The molecule has 0 unspecified atom stereocenters. The maximum absolute atomic E-state index is 13.3. The lowest BCUT2D eigenvalue weighted by molar-refractivity contribution is 0.325. The van der Waals surface area contributed by atoms with E-state index in [1.165, 1.54) is 12.1 Å². The number of aromatic nitrogens is 3. The first-order chi connectivity index (χ1) is 12.7. The van der Waals surface area contributed by atoms with Crippen molar-refractivity contribution >= 4 is 11.9 Å². The van der Waals surface area contributed by atoms with Gasteiger partial charge in [0.2, 0.25) is 11.9 Å². The maximum Gasteiger partial charge on any atom is 0.241 e. The van der Waals surface area contributed by atoms with E-state index in [4.69, 9.17) is 10.5 Å². The number of nitrogens with zero attached hydrogens (tertiary/aromatic N) is 3. The average molecular weight is 353 g/mol. The van der Waals surface area contributed by atoms with E-state index in [1.807, 2.05) is 31.2 Å². The fourth-order valence-electron chi connectivity index (χ4n) is 3.41. The minimum Gasteiger partial charge on any atom is -0.494 e. The van der Waals surface area contributed by atoms with Crippen molar-refractivity contribution in [3.63, 3.8) is 0 Å². The lowest BCUT2D eigenvalue weighted by Crippen LogP contribution is -2.28. The highest BCUT2D eigenvalue weighted by atomic mass is 19.1. The zero-order valence-corrected chi connectivity index (χ0v) is 14.4. The highest BCUT2D eigenvalue weighted by Gasteiger charge is 2.32. The highest BCUT2D eigenvalue weighted by molar-refractivity contribution is 5.44. The zero-order valence-electron chi connectivity index (χ0n) is 14.4. The largest absolute Gasteiger partial charge is 0.494 e.